The molecule has 0 bridgehead atoms. The number of nitrogens with zero attached hydrogens (tertiary/aromatic N) is 2. The molecule has 2 aromatic carbocycles. The maximum Gasteiger partial charge on any atom is 0.342 e. The van der Waals surface area contributed by atoms with Gasteiger partial charge in [0.25, 0.3) is 5.91 Å². The first kappa shape index (κ1) is 21.3. The lowest BCUT2D eigenvalue weighted by Crippen LogP contribution is -2.32. The Hall–Kier alpha value is -3.41. The number of carbonyl (C=O) groups excluding carboxylic acids is 2. The maximum absolute atomic E-state index is 12.7. The number of amides is 1. The number of carbonyl (C=O) groups is 2. The van der Waals surface area contributed by atoms with Crippen LogP contribution in [-0.2, 0) is 9.53 Å². The van der Waals surface area contributed by atoms with Gasteiger partial charge in [-0.25, -0.2) is 9.48 Å². The van der Waals surface area contributed by atoms with Gasteiger partial charge in [-0.2, -0.15) is 5.10 Å². The van der Waals surface area contributed by atoms with Crippen LogP contribution in [0.5, 0.6) is 0 Å². The Labute approximate surface area is 176 Å². The van der Waals surface area contributed by atoms with Crippen molar-refractivity contribution in [2.24, 2.45) is 0 Å². The topological polar surface area (TPSA) is 73.2 Å². The van der Waals surface area contributed by atoms with E-state index >= 15 is 0 Å². The summed E-state index contributed by atoms with van der Waals surface area (Å²) in [6.07, 6.45) is 1.74. The van der Waals surface area contributed by atoms with Crippen LogP contribution in [0.25, 0.3) is 5.69 Å². The molecule has 156 valence electrons. The highest BCUT2D eigenvalue weighted by Gasteiger charge is 2.22. The van der Waals surface area contributed by atoms with Crippen molar-refractivity contribution in [1.29, 1.82) is 0 Å². The molecule has 0 aliphatic heterocycles. The van der Waals surface area contributed by atoms with E-state index in [0.29, 0.717) is 17.0 Å². The fraction of sp³-hybridized carbons (Fsp3) is 0.292. The molecule has 3 aromatic rings. The number of aryl methyl sites for hydroxylation is 1. The fourth-order valence-electron chi connectivity index (χ4n) is 3.49. The minimum atomic E-state index is -0.547. The SMILES string of the molecule is CCC[C@H](NC(=O)COC(=O)c1c(C)nn(-c2ccccc2)c1C)c1ccccc1. The van der Waals surface area contributed by atoms with Gasteiger partial charge in [0.15, 0.2) is 6.61 Å². The Kier molecular flexibility index (Phi) is 7.01. The molecule has 0 unspecified atom stereocenters. The molecule has 1 amide bonds. The van der Waals surface area contributed by atoms with Crippen LogP contribution in [0, 0.1) is 13.8 Å². The van der Waals surface area contributed by atoms with E-state index < -0.39 is 5.97 Å². The smallest absolute Gasteiger partial charge is 0.342 e. The maximum atomic E-state index is 12.7. The standard InChI is InChI=1S/C24H27N3O3/c1-4-11-21(19-12-7-5-8-13-19)25-22(28)16-30-24(29)23-17(2)26-27(18(23)3)20-14-9-6-10-15-20/h5-10,12-15,21H,4,11,16H2,1-3H3,(H,25,28)/t21-/m0/s1. The molecule has 3 rings (SSSR count). The highest BCUT2D eigenvalue weighted by atomic mass is 16.5. The van der Waals surface area contributed by atoms with Crippen LogP contribution in [0.1, 0.15) is 53.1 Å². The summed E-state index contributed by atoms with van der Waals surface area (Å²) in [5.41, 5.74) is 3.53. The largest absolute Gasteiger partial charge is 0.452 e. The summed E-state index contributed by atoms with van der Waals surface area (Å²) in [5.74, 6) is -0.870. The van der Waals surface area contributed by atoms with Crippen molar-refractivity contribution in [2.45, 2.75) is 39.7 Å². The van der Waals surface area contributed by atoms with Crippen LogP contribution < -0.4 is 5.32 Å². The monoisotopic (exact) mass is 405 g/mol. The summed E-state index contributed by atoms with van der Waals surface area (Å²) in [7, 11) is 0. The summed E-state index contributed by atoms with van der Waals surface area (Å²) < 4.78 is 7.02. The van der Waals surface area contributed by atoms with Crippen LogP contribution in [0.15, 0.2) is 60.7 Å². The van der Waals surface area contributed by atoms with Gasteiger partial charge in [0.05, 0.1) is 23.1 Å². The number of benzene rings is 2. The molecule has 6 heteroatoms. The van der Waals surface area contributed by atoms with Gasteiger partial charge in [-0.15, -0.1) is 0 Å². The fourth-order valence-corrected chi connectivity index (χ4v) is 3.49. The van der Waals surface area contributed by atoms with Gasteiger partial charge >= 0.3 is 5.97 Å². The average molecular weight is 405 g/mol. The molecule has 0 radical (unpaired) electrons. The number of esters is 1. The van der Waals surface area contributed by atoms with E-state index in [1.165, 1.54) is 0 Å². The predicted octanol–water partition coefficient (Wildman–Crippen LogP) is 4.30. The van der Waals surface area contributed by atoms with Crippen LogP contribution in [0.2, 0.25) is 0 Å². The number of ether oxygens (including phenoxy) is 1. The highest BCUT2D eigenvalue weighted by Crippen LogP contribution is 2.20. The van der Waals surface area contributed by atoms with E-state index in [2.05, 4.69) is 17.3 Å². The molecule has 1 atom stereocenters. The third-order valence-electron chi connectivity index (χ3n) is 4.95. The van der Waals surface area contributed by atoms with Gasteiger partial charge in [0.1, 0.15) is 5.56 Å². The Balaban J connectivity index is 1.65. The highest BCUT2D eigenvalue weighted by molar-refractivity contribution is 5.93. The van der Waals surface area contributed by atoms with Gasteiger partial charge in [-0.05, 0) is 38.0 Å². The molecule has 0 saturated carbocycles. The molecule has 6 nitrogen and oxygen atoms in total. The second kappa shape index (κ2) is 9.87. The third kappa shape index (κ3) is 4.95. The number of hydrogen-bond acceptors (Lipinski definition) is 4. The van der Waals surface area contributed by atoms with Gasteiger partial charge in [0, 0.05) is 0 Å². The first-order chi connectivity index (χ1) is 14.5. The first-order valence-electron chi connectivity index (χ1n) is 10.1. The van der Waals surface area contributed by atoms with E-state index in [1.807, 2.05) is 67.6 Å². The van der Waals surface area contributed by atoms with Crippen LogP contribution in [-0.4, -0.2) is 28.3 Å². The van der Waals surface area contributed by atoms with Crippen LogP contribution >= 0.6 is 0 Å². The van der Waals surface area contributed by atoms with E-state index in [-0.39, 0.29) is 18.6 Å². The third-order valence-corrected chi connectivity index (χ3v) is 4.95. The van der Waals surface area contributed by atoms with Gasteiger partial charge in [-0.1, -0.05) is 61.9 Å². The number of rotatable bonds is 8. The van der Waals surface area contributed by atoms with Gasteiger partial charge in [-0.3, -0.25) is 4.79 Å². The van der Waals surface area contributed by atoms with Crippen molar-refractivity contribution in [3.8, 4) is 5.69 Å². The Bertz CT molecular complexity index is 997. The number of para-hydroxylation sites is 1. The van der Waals surface area contributed by atoms with Gasteiger partial charge in [0.2, 0.25) is 0 Å². The van der Waals surface area contributed by atoms with Crippen molar-refractivity contribution in [1.82, 2.24) is 15.1 Å². The van der Waals surface area contributed by atoms with Crippen LogP contribution in [0.4, 0.5) is 0 Å². The Morgan fingerprint density at radius 1 is 1.03 bits per heavy atom. The molecule has 0 fully saturated rings. The van der Waals surface area contributed by atoms with Crippen molar-refractivity contribution < 1.29 is 14.3 Å². The number of nitrogens with one attached hydrogen (secondary N) is 1. The molecular weight excluding hydrogens is 378 g/mol. The molecule has 30 heavy (non-hydrogen) atoms. The lowest BCUT2D eigenvalue weighted by Gasteiger charge is -2.18. The molecule has 1 heterocycles. The lowest BCUT2D eigenvalue weighted by molar-refractivity contribution is -0.125. The molecule has 0 saturated heterocycles. The molecule has 1 N–H and O–H groups in total. The molecular formula is C24H27N3O3. The number of aromatic nitrogens is 2. The van der Waals surface area contributed by atoms with Crippen molar-refractivity contribution >= 4 is 11.9 Å². The second-order valence-electron chi connectivity index (χ2n) is 7.19. The van der Waals surface area contributed by atoms with Crippen molar-refractivity contribution in [3.05, 3.63) is 83.2 Å². The first-order valence-corrected chi connectivity index (χ1v) is 10.1. The molecule has 0 spiro atoms. The summed E-state index contributed by atoms with van der Waals surface area (Å²) in [4.78, 5) is 25.1. The lowest BCUT2D eigenvalue weighted by atomic mass is 10.0. The minimum absolute atomic E-state index is 0.105. The van der Waals surface area contributed by atoms with Crippen molar-refractivity contribution in [2.75, 3.05) is 6.61 Å². The zero-order chi connectivity index (χ0) is 21.5. The summed E-state index contributed by atoms with van der Waals surface area (Å²) >= 11 is 0. The predicted molar refractivity (Wildman–Crippen MR) is 116 cm³/mol. The van der Waals surface area contributed by atoms with E-state index in [0.717, 1.165) is 24.1 Å². The van der Waals surface area contributed by atoms with E-state index in [1.54, 1.807) is 11.6 Å². The second-order valence-corrected chi connectivity index (χ2v) is 7.19. The normalized spacial score (nSPS) is 11.7. The minimum Gasteiger partial charge on any atom is -0.452 e. The quantitative estimate of drug-likeness (QED) is 0.567. The Morgan fingerprint density at radius 2 is 1.67 bits per heavy atom. The number of hydrogen-bond donors (Lipinski definition) is 1. The summed E-state index contributed by atoms with van der Waals surface area (Å²) in [6.45, 7) is 5.31. The van der Waals surface area contributed by atoms with E-state index in [4.69, 9.17) is 4.74 Å². The van der Waals surface area contributed by atoms with Gasteiger partial charge < -0.3 is 10.1 Å². The summed E-state index contributed by atoms with van der Waals surface area (Å²) in [6, 6.07) is 19.3. The van der Waals surface area contributed by atoms with E-state index in [9.17, 15) is 9.59 Å². The molecule has 1 aromatic heterocycles. The molecule has 0 aliphatic carbocycles. The average Bonchev–Trinajstić information content (AvgIpc) is 3.07. The zero-order valence-electron chi connectivity index (χ0n) is 17.6. The van der Waals surface area contributed by atoms with Crippen molar-refractivity contribution in [3.63, 3.8) is 0 Å². The summed E-state index contributed by atoms with van der Waals surface area (Å²) in [5, 5.41) is 7.42. The Morgan fingerprint density at radius 3 is 2.30 bits per heavy atom. The molecule has 0 aliphatic rings. The van der Waals surface area contributed by atoms with Crippen LogP contribution in [0.3, 0.4) is 0 Å². The zero-order valence-corrected chi connectivity index (χ0v) is 17.6.